The predicted octanol–water partition coefficient (Wildman–Crippen LogP) is 3.18. The van der Waals surface area contributed by atoms with Crippen LogP contribution in [0.1, 0.15) is 66.4 Å². The summed E-state index contributed by atoms with van der Waals surface area (Å²) in [6.07, 6.45) is 6.88. The molecule has 0 aliphatic carbocycles. The molecular weight excluding hydrogens is 402 g/mol. The van der Waals surface area contributed by atoms with Crippen LogP contribution < -0.4 is 5.32 Å². The molecule has 0 unspecified atom stereocenters. The van der Waals surface area contributed by atoms with E-state index in [1.807, 2.05) is 4.90 Å². The van der Waals surface area contributed by atoms with Gasteiger partial charge in [-0.15, -0.1) is 10.2 Å². The van der Waals surface area contributed by atoms with Gasteiger partial charge < -0.3 is 14.8 Å². The Balaban J connectivity index is 1.30. The molecular formula is C22H28ClN5O2. The first-order valence-electron chi connectivity index (χ1n) is 10.9. The molecule has 8 heteroatoms. The molecule has 160 valence electrons. The zero-order chi connectivity index (χ0) is 20.9. The lowest BCUT2D eigenvalue weighted by atomic mass is 9.96. The molecule has 1 saturated heterocycles. The van der Waals surface area contributed by atoms with Gasteiger partial charge >= 0.3 is 0 Å². The minimum absolute atomic E-state index is 0.0757. The molecule has 1 atom stereocenters. The topological polar surface area (TPSA) is 80.1 Å². The van der Waals surface area contributed by atoms with Gasteiger partial charge in [0.1, 0.15) is 11.6 Å². The van der Waals surface area contributed by atoms with Gasteiger partial charge in [0.25, 0.3) is 5.91 Å². The van der Waals surface area contributed by atoms with Crippen molar-refractivity contribution in [3.05, 3.63) is 46.5 Å². The molecule has 2 aliphatic heterocycles. The fourth-order valence-electron chi connectivity index (χ4n) is 4.37. The van der Waals surface area contributed by atoms with E-state index in [1.54, 1.807) is 24.3 Å². The summed E-state index contributed by atoms with van der Waals surface area (Å²) in [4.78, 5) is 26.8. The molecule has 0 saturated carbocycles. The fourth-order valence-corrected chi connectivity index (χ4v) is 4.49. The van der Waals surface area contributed by atoms with Crippen LogP contribution in [-0.4, -0.2) is 51.1 Å². The highest BCUT2D eigenvalue weighted by molar-refractivity contribution is 6.30. The number of aryl methyl sites for hydroxylation is 1. The summed E-state index contributed by atoms with van der Waals surface area (Å²) in [7, 11) is 0. The van der Waals surface area contributed by atoms with Crippen molar-refractivity contribution in [3.8, 4) is 0 Å². The molecule has 4 rings (SSSR count). The first kappa shape index (κ1) is 20.8. The summed E-state index contributed by atoms with van der Waals surface area (Å²) in [5.41, 5.74) is 0.539. The van der Waals surface area contributed by atoms with E-state index in [-0.39, 0.29) is 17.7 Å². The Kier molecular flexibility index (Phi) is 6.67. The monoisotopic (exact) mass is 429 g/mol. The van der Waals surface area contributed by atoms with Gasteiger partial charge in [-0.3, -0.25) is 9.59 Å². The summed E-state index contributed by atoms with van der Waals surface area (Å²) in [6, 6.07) is 6.72. The molecule has 7 nitrogen and oxygen atoms in total. The lowest BCUT2D eigenvalue weighted by Gasteiger charge is -2.32. The zero-order valence-electron chi connectivity index (χ0n) is 17.1. The molecule has 0 bridgehead atoms. The molecule has 30 heavy (non-hydrogen) atoms. The van der Waals surface area contributed by atoms with E-state index in [4.69, 9.17) is 11.6 Å². The molecule has 2 aliphatic rings. The second-order valence-electron chi connectivity index (χ2n) is 8.13. The molecule has 1 aromatic heterocycles. The van der Waals surface area contributed by atoms with Crippen molar-refractivity contribution < 1.29 is 9.59 Å². The highest BCUT2D eigenvalue weighted by atomic mass is 35.5. The summed E-state index contributed by atoms with van der Waals surface area (Å²) < 4.78 is 2.29. The van der Waals surface area contributed by atoms with Crippen LogP contribution in [-0.2, 0) is 17.8 Å². The van der Waals surface area contributed by atoms with E-state index in [9.17, 15) is 9.59 Å². The average Bonchev–Trinajstić information content (AvgIpc) is 3.02. The number of aromatic nitrogens is 3. The van der Waals surface area contributed by atoms with E-state index in [0.717, 1.165) is 44.0 Å². The number of likely N-dealkylation sites (tertiary alicyclic amines) is 1. The van der Waals surface area contributed by atoms with Crippen LogP contribution in [0.25, 0.3) is 0 Å². The highest BCUT2D eigenvalue weighted by Crippen LogP contribution is 2.28. The van der Waals surface area contributed by atoms with Gasteiger partial charge in [-0.2, -0.15) is 0 Å². The van der Waals surface area contributed by atoms with Crippen molar-refractivity contribution in [2.24, 2.45) is 0 Å². The highest BCUT2D eigenvalue weighted by Gasteiger charge is 2.29. The number of hydrogen-bond acceptors (Lipinski definition) is 4. The van der Waals surface area contributed by atoms with Crippen LogP contribution in [0.15, 0.2) is 24.3 Å². The maximum Gasteiger partial charge on any atom is 0.251 e. The van der Waals surface area contributed by atoms with E-state index in [1.165, 1.54) is 19.3 Å². The molecule has 0 spiro atoms. The number of carbonyl (C=O) groups is 2. The number of rotatable bonds is 5. The van der Waals surface area contributed by atoms with Crippen molar-refractivity contribution >= 4 is 23.4 Å². The molecule has 0 radical (unpaired) electrons. The zero-order valence-corrected chi connectivity index (χ0v) is 17.9. The minimum atomic E-state index is -0.192. The molecule has 1 aromatic carbocycles. The maximum absolute atomic E-state index is 12.7. The number of halogens is 1. The summed E-state index contributed by atoms with van der Waals surface area (Å²) >= 11 is 5.85. The van der Waals surface area contributed by atoms with Crippen LogP contribution in [0.2, 0.25) is 5.02 Å². The molecule has 3 heterocycles. The van der Waals surface area contributed by atoms with Crippen molar-refractivity contribution in [1.29, 1.82) is 0 Å². The van der Waals surface area contributed by atoms with Gasteiger partial charge in [-0.25, -0.2) is 0 Å². The van der Waals surface area contributed by atoms with Gasteiger partial charge in [0.15, 0.2) is 0 Å². The van der Waals surface area contributed by atoms with E-state index in [0.29, 0.717) is 30.1 Å². The Morgan fingerprint density at radius 3 is 2.73 bits per heavy atom. The number of nitrogens with zero attached hydrogens (tertiary/aromatic N) is 4. The fraction of sp³-hybridized carbons (Fsp3) is 0.545. The second kappa shape index (κ2) is 9.60. The number of amides is 2. The van der Waals surface area contributed by atoms with E-state index in [2.05, 4.69) is 20.1 Å². The smallest absolute Gasteiger partial charge is 0.251 e. The Morgan fingerprint density at radius 2 is 1.90 bits per heavy atom. The first-order valence-corrected chi connectivity index (χ1v) is 11.2. The third-order valence-electron chi connectivity index (χ3n) is 6.01. The van der Waals surface area contributed by atoms with Crippen molar-refractivity contribution in [1.82, 2.24) is 25.0 Å². The van der Waals surface area contributed by atoms with Crippen molar-refractivity contribution in [2.75, 3.05) is 19.6 Å². The van der Waals surface area contributed by atoms with Gasteiger partial charge in [0, 0.05) is 55.5 Å². The number of carbonyl (C=O) groups excluding carboxylic acids is 2. The Bertz CT molecular complexity index is 895. The van der Waals surface area contributed by atoms with Crippen LogP contribution in [0, 0.1) is 0 Å². The molecule has 1 fully saturated rings. The van der Waals surface area contributed by atoms with Gasteiger partial charge in [-0.05, 0) is 49.9 Å². The molecule has 2 aromatic rings. The Labute approximate surface area is 181 Å². The lowest BCUT2D eigenvalue weighted by molar-refractivity contribution is -0.132. The standard InChI is InChI=1S/C22H28ClN5O2/c23-18-9-7-16(8-10-18)22(30)24-12-11-20(29)27-13-4-5-17(15-27)21-26-25-19-6-2-1-3-14-28(19)21/h7-10,17H,1-6,11-15H2,(H,24,30)/t17-/m0/s1. The predicted molar refractivity (Wildman–Crippen MR) is 115 cm³/mol. The van der Waals surface area contributed by atoms with Crippen molar-refractivity contribution in [3.63, 3.8) is 0 Å². The molecule has 1 N–H and O–H groups in total. The summed E-state index contributed by atoms with van der Waals surface area (Å²) in [5.74, 6) is 2.26. The average molecular weight is 430 g/mol. The Morgan fingerprint density at radius 1 is 1.07 bits per heavy atom. The van der Waals surface area contributed by atoms with Crippen LogP contribution >= 0.6 is 11.6 Å². The third kappa shape index (κ3) is 4.83. The number of nitrogens with one attached hydrogen (secondary N) is 1. The van der Waals surface area contributed by atoms with Gasteiger partial charge in [0.2, 0.25) is 5.91 Å². The normalized spacial score (nSPS) is 19.1. The Hall–Kier alpha value is -2.41. The number of piperidine rings is 1. The van der Waals surface area contributed by atoms with Crippen LogP contribution in [0.4, 0.5) is 0 Å². The number of benzene rings is 1. The SMILES string of the molecule is O=C(NCCC(=O)N1CCC[C@H](c2nnc3n2CCCCC3)C1)c1ccc(Cl)cc1. The largest absolute Gasteiger partial charge is 0.352 e. The number of fused-ring (bicyclic) bond motifs is 1. The van der Waals surface area contributed by atoms with Gasteiger partial charge in [0.05, 0.1) is 0 Å². The second-order valence-corrected chi connectivity index (χ2v) is 8.56. The van der Waals surface area contributed by atoms with E-state index < -0.39 is 0 Å². The van der Waals surface area contributed by atoms with E-state index >= 15 is 0 Å². The first-order chi connectivity index (χ1) is 14.6. The maximum atomic E-state index is 12.7. The minimum Gasteiger partial charge on any atom is -0.352 e. The quantitative estimate of drug-likeness (QED) is 0.791. The van der Waals surface area contributed by atoms with Crippen LogP contribution in [0.5, 0.6) is 0 Å². The summed E-state index contributed by atoms with van der Waals surface area (Å²) in [6.45, 7) is 2.75. The lowest BCUT2D eigenvalue weighted by Crippen LogP contribution is -2.41. The van der Waals surface area contributed by atoms with Crippen LogP contribution in [0.3, 0.4) is 0 Å². The number of hydrogen-bond donors (Lipinski definition) is 1. The molecule has 2 amide bonds. The van der Waals surface area contributed by atoms with Gasteiger partial charge in [-0.1, -0.05) is 18.0 Å². The van der Waals surface area contributed by atoms with Crippen molar-refractivity contribution in [2.45, 2.75) is 57.4 Å². The third-order valence-corrected chi connectivity index (χ3v) is 6.26. The summed E-state index contributed by atoms with van der Waals surface area (Å²) in [5, 5.41) is 12.3.